The van der Waals surface area contributed by atoms with Crippen molar-refractivity contribution in [3.63, 3.8) is 0 Å². The van der Waals surface area contributed by atoms with E-state index in [1.807, 2.05) is 22.9 Å². The Morgan fingerprint density at radius 3 is 2.68 bits per heavy atom. The van der Waals surface area contributed by atoms with E-state index >= 15 is 0 Å². The van der Waals surface area contributed by atoms with Gasteiger partial charge in [0.15, 0.2) is 9.84 Å². The van der Waals surface area contributed by atoms with Gasteiger partial charge in [-0.2, -0.15) is 0 Å². The number of nitrogens with zero attached hydrogens (tertiary/aromatic N) is 2. The summed E-state index contributed by atoms with van der Waals surface area (Å²) in [4.78, 5) is 16.1. The Morgan fingerprint density at radius 2 is 2.09 bits per heavy atom. The molecule has 0 saturated carbocycles. The summed E-state index contributed by atoms with van der Waals surface area (Å²) in [7, 11) is -2.98. The Morgan fingerprint density at radius 1 is 1.32 bits per heavy atom. The highest BCUT2D eigenvalue weighted by Crippen LogP contribution is 2.13. The average Bonchev–Trinajstić information content (AvgIpc) is 3.09. The van der Waals surface area contributed by atoms with Crippen molar-refractivity contribution in [1.82, 2.24) is 14.9 Å². The van der Waals surface area contributed by atoms with Gasteiger partial charge in [0.05, 0.1) is 17.8 Å². The van der Waals surface area contributed by atoms with Crippen LogP contribution in [-0.2, 0) is 16.4 Å². The third-order valence-corrected chi connectivity index (χ3v) is 5.48. The summed E-state index contributed by atoms with van der Waals surface area (Å²) in [6, 6.07) is 7.01. The Kier molecular flexibility index (Phi) is 3.98. The molecule has 7 heteroatoms. The fourth-order valence-corrected chi connectivity index (χ4v) is 4.20. The van der Waals surface area contributed by atoms with Crippen LogP contribution in [0.15, 0.2) is 43.0 Å². The van der Waals surface area contributed by atoms with Crippen molar-refractivity contribution in [2.75, 3.05) is 11.5 Å². The molecule has 0 bridgehead atoms. The second-order valence-corrected chi connectivity index (χ2v) is 7.73. The molecule has 1 aromatic carbocycles. The van der Waals surface area contributed by atoms with E-state index in [0.29, 0.717) is 18.5 Å². The van der Waals surface area contributed by atoms with Gasteiger partial charge in [-0.1, -0.05) is 12.1 Å². The number of nitrogens with one attached hydrogen (secondary N) is 1. The zero-order chi connectivity index (χ0) is 15.6. The molecule has 116 valence electrons. The van der Waals surface area contributed by atoms with Gasteiger partial charge in [0, 0.05) is 30.5 Å². The lowest BCUT2D eigenvalue weighted by atomic mass is 10.1. The Balaban J connectivity index is 1.61. The van der Waals surface area contributed by atoms with E-state index in [9.17, 15) is 13.2 Å². The second kappa shape index (κ2) is 5.92. The SMILES string of the molecule is O=C(NC1CCS(=O)(=O)C1)c1ccc(Cn2ccnc2)cc1. The smallest absolute Gasteiger partial charge is 0.251 e. The third kappa shape index (κ3) is 3.54. The van der Waals surface area contributed by atoms with Crippen LogP contribution in [0.5, 0.6) is 0 Å². The maximum absolute atomic E-state index is 12.1. The van der Waals surface area contributed by atoms with Crippen LogP contribution in [0.2, 0.25) is 0 Å². The van der Waals surface area contributed by atoms with E-state index in [2.05, 4.69) is 10.3 Å². The number of carbonyl (C=O) groups excluding carboxylic acids is 1. The van der Waals surface area contributed by atoms with Gasteiger partial charge >= 0.3 is 0 Å². The van der Waals surface area contributed by atoms with Crippen molar-refractivity contribution in [2.24, 2.45) is 0 Å². The molecule has 1 saturated heterocycles. The van der Waals surface area contributed by atoms with Crippen molar-refractivity contribution in [1.29, 1.82) is 0 Å². The fraction of sp³-hybridized carbons (Fsp3) is 0.333. The molecule has 22 heavy (non-hydrogen) atoms. The van der Waals surface area contributed by atoms with E-state index < -0.39 is 9.84 Å². The summed E-state index contributed by atoms with van der Waals surface area (Å²) in [5.74, 6) is -0.0320. The number of imidazole rings is 1. The molecule has 1 amide bonds. The first-order valence-corrected chi connectivity index (χ1v) is 8.90. The predicted molar refractivity (Wildman–Crippen MR) is 82.3 cm³/mol. The van der Waals surface area contributed by atoms with E-state index in [1.54, 1.807) is 24.7 Å². The molecule has 1 N–H and O–H groups in total. The molecule has 2 heterocycles. The molecule has 1 fully saturated rings. The van der Waals surface area contributed by atoms with Crippen molar-refractivity contribution in [3.05, 3.63) is 54.1 Å². The van der Waals surface area contributed by atoms with E-state index in [0.717, 1.165) is 5.56 Å². The van der Waals surface area contributed by atoms with Crippen LogP contribution in [0.1, 0.15) is 22.3 Å². The van der Waals surface area contributed by atoms with E-state index in [4.69, 9.17) is 0 Å². The topological polar surface area (TPSA) is 81.1 Å². The van der Waals surface area contributed by atoms with Gasteiger partial charge in [0.25, 0.3) is 5.91 Å². The average molecular weight is 319 g/mol. The highest BCUT2D eigenvalue weighted by Gasteiger charge is 2.29. The van der Waals surface area contributed by atoms with Gasteiger partial charge in [0.1, 0.15) is 0 Å². The summed E-state index contributed by atoms with van der Waals surface area (Å²) in [5.41, 5.74) is 1.61. The lowest BCUT2D eigenvalue weighted by Crippen LogP contribution is -2.35. The first-order chi connectivity index (χ1) is 10.5. The highest BCUT2D eigenvalue weighted by atomic mass is 32.2. The highest BCUT2D eigenvalue weighted by molar-refractivity contribution is 7.91. The standard InChI is InChI=1S/C15H17N3O3S/c19-15(17-14-5-8-22(20,21)10-14)13-3-1-12(2-4-13)9-18-7-6-16-11-18/h1-4,6-7,11,14H,5,8-10H2,(H,17,19). The Hall–Kier alpha value is -2.15. The molecule has 1 aliphatic heterocycles. The number of rotatable bonds is 4. The molecule has 6 nitrogen and oxygen atoms in total. The Bertz CT molecular complexity index is 752. The minimum Gasteiger partial charge on any atom is -0.348 e. The van der Waals surface area contributed by atoms with Crippen LogP contribution < -0.4 is 5.32 Å². The molecule has 1 aromatic heterocycles. The van der Waals surface area contributed by atoms with Crippen molar-refractivity contribution in [2.45, 2.75) is 19.0 Å². The van der Waals surface area contributed by atoms with Crippen LogP contribution in [0.4, 0.5) is 0 Å². The molecule has 1 atom stereocenters. The van der Waals surface area contributed by atoms with Gasteiger partial charge in [-0.15, -0.1) is 0 Å². The van der Waals surface area contributed by atoms with Gasteiger partial charge in [0.2, 0.25) is 0 Å². The van der Waals surface area contributed by atoms with Gasteiger partial charge in [-0.25, -0.2) is 13.4 Å². The summed E-state index contributed by atoms with van der Waals surface area (Å²) in [6.45, 7) is 0.697. The van der Waals surface area contributed by atoms with E-state index in [1.165, 1.54) is 0 Å². The van der Waals surface area contributed by atoms with Crippen LogP contribution in [0.25, 0.3) is 0 Å². The summed E-state index contributed by atoms with van der Waals surface area (Å²) >= 11 is 0. The molecule has 1 aliphatic rings. The monoisotopic (exact) mass is 319 g/mol. The minimum absolute atomic E-state index is 0.0391. The zero-order valence-electron chi connectivity index (χ0n) is 12.0. The minimum atomic E-state index is -2.98. The number of amides is 1. The molecule has 0 spiro atoms. The molecule has 0 radical (unpaired) electrons. The number of benzene rings is 1. The second-order valence-electron chi connectivity index (χ2n) is 5.51. The molecule has 2 aromatic rings. The number of sulfone groups is 1. The molecule has 3 rings (SSSR count). The van der Waals surface area contributed by atoms with E-state index in [-0.39, 0.29) is 23.5 Å². The largest absolute Gasteiger partial charge is 0.348 e. The first-order valence-electron chi connectivity index (χ1n) is 7.08. The number of aromatic nitrogens is 2. The maximum atomic E-state index is 12.1. The van der Waals surface area contributed by atoms with Crippen molar-refractivity contribution >= 4 is 15.7 Å². The first kappa shape index (κ1) is 14.8. The molecule has 0 aliphatic carbocycles. The zero-order valence-corrected chi connectivity index (χ0v) is 12.8. The molecular weight excluding hydrogens is 302 g/mol. The van der Waals surface area contributed by atoms with Gasteiger partial charge < -0.3 is 9.88 Å². The van der Waals surface area contributed by atoms with Gasteiger partial charge in [-0.3, -0.25) is 4.79 Å². The molecule has 1 unspecified atom stereocenters. The molecular formula is C15H17N3O3S. The number of hydrogen-bond acceptors (Lipinski definition) is 4. The van der Waals surface area contributed by atoms with Crippen molar-refractivity contribution < 1.29 is 13.2 Å². The number of hydrogen-bond donors (Lipinski definition) is 1. The third-order valence-electron chi connectivity index (χ3n) is 3.71. The van der Waals surface area contributed by atoms with Crippen LogP contribution in [0.3, 0.4) is 0 Å². The normalized spacial score (nSPS) is 19.9. The predicted octanol–water partition coefficient (Wildman–Crippen LogP) is 0.848. The lowest BCUT2D eigenvalue weighted by Gasteiger charge is -2.11. The summed E-state index contributed by atoms with van der Waals surface area (Å²) in [6.07, 6.45) is 5.83. The van der Waals surface area contributed by atoms with Gasteiger partial charge in [-0.05, 0) is 24.1 Å². The van der Waals surface area contributed by atoms with Crippen LogP contribution in [-0.4, -0.2) is 41.4 Å². The summed E-state index contributed by atoms with van der Waals surface area (Å²) in [5, 5.41) is 2.78. The van der Waals surface area contributed by atoms with Crippen LogP contribution in [0, 0.1) is 0 Å². The quantitative estimate of drug-likeness (QED) is 0.906. The lowest BCUT2D eigenvalue weighted by molar-refractivity contribution is 0.0941. The van der Waals surface area contributed by atoms with Crippen LogP contribution >= 0.6 is 0 Å². The van der Waals surface area contributed by atoms with Crippen molar-refractivity contribution in [3.8, 4) is 0 Å². The summed E-state index contributed by atoms with van der Waals surface area (Å²) < 4.78 is 24.7. The Labute approximate surface area is 129 Å². The maximum Gasteiger partial charge on any atom is 0.251 e. The fourth-order valence-electron chi connectivity index (χ4n) is 2.53. The number of carbonyl (C=O) groups is 1.